The number of hydrogen-bond acceptors (Lipinski definition) is 6. The average Bonchev–Trinajstić information content (AvgIpc) is 3.12. The Morgan fingerprint density at radius 1 is 1.39 bits per heavy atom. The van der Waals surface area contributed by atoms with Crippen LogP contribution >= 0.6 is 34.3 Å². The Morgan fingerprint density at radius 2 is 2.22 bits per heavy atom. The van der Waals surface area contributed by atoms with Crippen LogP contribution in [0.25, 0.3) is 10.2 Å². The highest BCUT2D eigenvalue weighted by atomic mass is 35.5. The molecule has 0 aromatic carbocycles. The Hall–Kier alpha value is -1.34. The van der Waals surface area contributed by atoms with Crippen molar-refractivity contribution in [2.45, 2.75) is 26.4 Å². The molecule has 1 atom stereocenters. The first kappa shape index (κ1) is 16.5. The molecule has 0 fully saturated rings. The minimum atomic E-state index is 0.104. The van der Waals surface area contributed by atoms with Crippen molar-refractivity contribution in [1.82, 2.24) is 4.98 Å². The molecule has 0 radical (unpaired) electrons. The second kappa shape index (κ2) is 7.05. The second-order valence-electron chi connectivity index (χ2n) is 5.52. The van der Waals surface area contributed by atoms with Gasteiger partial charge in [-0.15, -0.1) is 22.7 Å². The third kappa shape index (κ3) is 3.77. The largest absolute Gasteiger partial charge is 0.379 e. The van der Waals surface area contributed by atoms with Crippen LogP contribution in [-0.2, 0) is 6.54 Å². The maximum Gasteiger partial charge on any atom is 0.131 e. The Balaban J connectivity index is 1.92. The number of anilines is 2. The van der Waals surface area contributed by atoms with Crippen LogP contribution < -0.4 is 16.4 Å². The summed E-state index contributed by atoms with van der Waals surface area (Å²) in [4.78, 5) is 5.78. The molecule has 4 nitrogen and oxygen atoms in total. The van der Waals surface area contributed by atoms with Crippen molar-refractivity contribution in [3.8, 4) is 0 Å². The lowest BCUT2D eigenvalue weighted by Gasteiger charge is -2.07. The predicted octanol–water partition coefficient (Wildman–Crippen LogP) is 4.69. The number of fused-ring (bicyclic) bond motifs is 1. The number of aryl methyl sites for hydroxylation is 1. The number of nitrogens with two attached hydrogens (primary N) is 1. The second-order valence-corrected chi connectivity index (χ2v) is 7.96. The van der Waals surface area contributed by atoms with E-state index in [1.165, 1.54) is 4.88 Å². The number of thiophene rings is 2. The number of nitrogens with one attached hydrogen (secondary N) is 2. The summed E-state index contributed by atoms with van der Waals surface area (Å²) in [7, 11) is 0. The summed E-state index contributed by atoms with van der Waals surface area (Å²) in [5.41, 5.74) is 8.92. The van der Waals surface area contributed by atoms with Gasteiger partial charge in [-0.25, -0.2) is 4.98 Å². The summed E-state index contributed by atoms with van der Waals surface area (Å²) in [6.45, 7) is 5.57. The first-order valence-electron chi connectivity index (χ1n) is 7.40. The Kier molecular flexibility index (Phi) is 5.06. The van der Waals surface area contributed by atoms with Gasteiger partial charge in [-0.3, -0.25) is 0 Å². The molecule has 3 rings (SSSR count). The van der Waals surface area contributed by atoms with Crippen molar-refractivity contribution in [3.63, 3.8) is 0 Å². The van der Waals surface area contributed by atoms with E-state index in [1.807, 2.05) is 13.0 Å². The van der Waals surface area contributed by atoms with Gasteiger partial charge in [0, 0.05) is 35.6 Å². The first-order valence-corrected chi connectivity index (χ1v) is 9.47. The van der Waals surface area contributed by atoms with Gasteiger partial charge in [-0.1, -0.05) is 17.7 Å². The molecule has 23 heavy (non-hydrogen) atoms. The lowest BCUT2D eigenvalue weighted by Crippen LogP contribution is -2.25. The van der Waals surface area contributed by atoms with Gasteiger partial charge >= 0.3 is 0 Å². The van der Waals surface area contributed by atoms with Gasteiger partial charge in [0.1, 0.15) is 5.15 Å². The summed E-state index contributed by atoms with van der Waals surface area (Å²) in [6.07, 6.45) is 0. The van der Waals surface area contributed by atoms with E-state index in [9.17, 15) is 0 Å². The van der Waals surface area contributed by atoms with Crippen molar-refractivity contribution in [2.75, 3.05) is 17.2 Å². The van der Waals surface area contributed by atoms with Crippen molar-refractivity contribution in [1.29, 1.82) is 0 Å². The molecule has 0 saturated heterocycles. The fourth-order valence-corrected chi connectivity index (χ4v) is 4.28. The van der Waals surface area contributed by atoms with E-state index in [0.717, 1.165) is 39.6 Å². The van der Waals surface area contributed by atoms with Crippen LogP contribution in [0.15, 0.2) is 23.6 Å². The van der Waals surface area contributed by atoms with Crippen LogP contribution in [0.5, 0.6) is 0 Å². The van der Waals surface area contributed by atoms with Crippen LogP contribution in [0.3, 0.4) is 0 Å². The molecule has 7 heteroatoms. The molecule has 0 aliphatic carbocycles. The molecule has 1 unspecified atom stereocenters. The third-order valence-electron chi connectivity index (χ3n) is 3.46. The van der Waals surface area contributed by atoms with Crippen LogP contribution in [0, 0.1) is 6.92 Å². The van der Waals surface area contributed by atoms with Crippen LogP contribution in [0.4, 0.5) is 10.7 Å². The van der Waals surface area contributed by atoms with Crippen molar-refractivity contribution < 1.29 is 0 Å². The zero-order valence-electron chi connectivity index (χ0n) is 13.0. The fraction of sp³-hybridized carbons (Fsp3) is 0.312. The van der Waals surface area contributed by atoms with E-state index in [0.29, 0.717) is 5.15 Å². The summed E-state index contributed by atoms with van der Waals surface area (Å²) in [6, 6.07) is 6.17. The van der Waals surface area contributed by atoms with E-state index < -0.39 is 0 Å². The Bertz CT molecular complexity index is 796. The SMILES string of the molecule is Cc1c(NCC(C)N)sc2c(NCc3cccs3)cc(Cl)nc12. The lowest BCUT2D eigenvalue weighted by molar-refractivity contribution is 0.781. The molecule has 0 saturated carbocycles. The van der Waals surface area contributed by atoms with Crippen molar-refractivity contribution in [2.24, 2.45) is 5.73 Å². The third-order valence-corrected chi connectivity index (χ3v) is 5.80. The first-order chi connectivity index (χ1) is 11.0. The van der Waals surface area contributed by atoms with Crippen LogP contribution in [0.2, 0.25) is 5.15 Å². The number of aromatic nitrogens is 1. The molecular weight excluding hydrogens is 348 g/mol. The van der Waals surface area contributed by atoms with Crippen LogP contribution in [-0.4, -0.2) is 17.6 Å². The molecule has 122 valence electrons. The molecule has 3 aromatic rings. The number of halogens is 1. The van der Waals surface area contributed by atoms with Gasteiger partial charge in [-0.05, 0) is 25.3 Å². The topological polar surface area (TPSA) is 63.0 Å². The standard InChI is InChI=1S/C16H19ClN4S2/c1-9(18)7-20-16-10(2)14-15(23-16)12(6-13(17)21-14)19-8-11-4-3-5-22-11/h3-6,9,20H,7-8,18H2,1-2H3,(H,19,21). The number of rotatable bonds is 6. The molecule has 0 bridgehead atoms. The Morgan fingerprint density at radius 3 is 2.91 bits per heavy atom. The molecule has 0 aliphatic rings. The van der Waals surface area contributed by atoms with Gasteiger partial charge in [-0.2, -0.15) is 0 Å². The maximum absolute atomic E-state index is 6.21. The number of nitrogens with zero attached hydrogens (tertiary/aromatic N) is 1. The molecular formula is C16H19ClN4S2. The minimum absolute atomic E-state index is 0.104. The lowest BCUT2D eigenvalue weighted by atomic mass is 10.2. The van der Waals surface area contributed by atoms with Crippen molar-refractivity contribution >= 4 is 55.2 Å². The zero-order chi connectivity index (χ0) is 16.4. The highest BCUT2D eigenvalue weighted by Crippen LogP contribution is 2.39. The van der Waals surface area contributed by atoms with Gasteiger partial charge < -0.3 is 16.4 Å². The number of pyridine rings is 1. The minimum Gasteiger partial charge on any atom is -0.379 e. The normalized spacial score (nSPS) is 12.5. The molecule has 3 heterocycles. The van der Waals surface area contributed by atoms with Crippen LogP contribution in [0.1, 0.15) is 17.4 Å². The molecule has 0 aliphatic heterocycles. The average molecular weight is 367 g/mol. The van der Waals surface area contributed by atoms with Gasteiger partial charge in [0.15, 0.2) is 0 Å². The molecule has 0 amide bonds. The van der Waals surface area contributed by atoms with E-state index in [4.69, 9.17) is 17.3 Å². The highest BCUT2D eigenvalue weighted by molar-refractivity contribution is 7.23. The monoisotopic (exact) mass is 366 g/mol. The molecule has 3 aromatic heterocycles. The van der Waals surface area contributed by atoms with E-state index >= 15 is 0 Å². The smallest absolute Gasteiger partial charge is 0.131 e. The van der Waals surface area contributed by atoms with Gasteiger partial charge in [0.05, 0.1) is 20.9 Å². The summed E-state index contributed by atoms with van der Waals surface area (Å²) >= 11 is 9.64. The molecule has 0 spiro atoms. The predicted molar refractivity (Wildman–Crippen MR) is 103 cm³/mol. The van der Waals surface area contributed by atoms with E-state index in [-0.39, 0.29) is 6.04 Å². The Labute approximate surface area is 148 Å². The summed E-state index contributed by atoms with van der Waals surface area (Å²) in [5.74, 6) is 0. The van der Waals surface area contributed by atoms with Gasteiger partial charge in [0.2, 0.25) is 0 Å². The van der Waals surface area contributed by atoms with Gasteiger partial charge in [0.25, 0.3) is 0 Å². The maximum atomic E-state index is 6.21. The summed E-state index contributed by atoms with van der Waals surface area (Å²) in [5, 5.41) is 10.6. The zero-order valence-corrected chi connectivity index (χ0v) is 15.4. The summed E-state index contributed by atoms with van der Waals surface area (Å²) < 4.78 is 1.12. The quantitative estimate of drug-likeness (QED) is 0.554. The number of hydrogen-bond donors (Lipinski definition) is 3. The fourth-order valence-electron chi connectivity index (χ4n) is 2.29. The van der Waals surface area contributed by atoms with Crippen molar-refractivity contribution in [3.05, 3.63) is 39.2 Å². The highest BCUT2D eigenvalue weighted by Gasteiger charge is 2.14. The molecule has 4 N–H and O–H groups in total. The van der Waals surface area contributed by atoms with E-state index in [2.05, 4.69) is 40.1 Å². The van der Waals surface area contributed by atoms with E-state index in [1.54, 1.807) is 22.7 Å².